The minimum atomic E-state index is -3.95. The van der Waals surface area contributed by atoms with E-state index >= 15 is 0 Å². The highest BCUT2D eigenvalue weighted by Crippen LogP contribution is 2.24. The van der Waals surface area contributed by atoms with Gasteiger partial charge in [0, 0.05) is 24.7 Å². The van der Waals surface area contributed by atoms with Crippen molar-refractivity contribution in [1.82, 2.24) is 10.0 Å². The number of anilines is 1. The molecule has 0 spiro atoms. The Labute approximate surface area is 198 Å². The molecule has 172 valence electrons. The average molecular weight is 486 g/mol. The number of rotatable bonds is 8. The molecule has 33 heavy (non-hydrogen) atoms. The summed E-state index contributed by atoms with van der Waals surface area (Å²) in [6.45, 7) is 3.30. The van der Waals surface area contributed by atoms with E-state index in [2.05, 4.69) is 15.4 Å². The van der Waals surface area contributed by atoms with Gasteiger partial charge in [0.15, 0.2) is 0 Å². The molecule has 0 saturated heterocycles. The molecule has 3 aromatic carbocycles. The molecule has 0 fully saturated rings. The Hall–Kier alpha value is -3.20. The zero-order valence-corrected chi connectivity index (χ0v) is 19.7. The van der Waals surface area contributed by atoms with Crippen molar-refractivity contribution in [2.45, 2.75) is 31.3 Å². The topological polar surface area (TPSA) is 104 Å². The van der Waals surface area contributed by atoms with E-state index in [-0.39, 0.29) is 27.9 Å². The van der Waals surface area contributed by atoms with E-state index in [1.165, 1.54) is 25.1 Å². The molecule has 1 atom stereocenters. The van der Waals surface area contributed by atoms with E-state index in [0.717, 1.165) is 11.1 Å². The lowest BCUT2D eigenvalue weighted by Crippen LogP contribution is -2.28. The second kappa shape index (κ2) is 10.6. The Morgan fingerprint density at radius 1 is 0.970 bits per heavy atom. The maximum atomic E-state index is 12.8. The molecule has 0 aromatic heterocycles. The molecule has 9 heteroatoms. The smallest absolute Gasteiger partial charge is 0.251 e. The first-order chi connectivity index (χ1) is 15.7. The number of sulfonamides is 1. The molecule has 0 bridgehead atoms. The molecule has 0 aliphatic rings. The molecule has 0 aliphatic carbocycles. The number of hydrogen-bond donors (Lipinski definition) is 3. The maximum Gasteiger partial charge on any atom is 0.251 e. The van der Waals surface area contributed by atoms with Gasteiger partial charge in [-0.3, -0.25) is 9.59 Å². The van der Waals surface area contributed by atoms with Crippen LogP contribution in [-0.2, 0) is 21.4 Å². The summed E-state index contributed by atoms with van der Waals surface area (Å²) in [6.07, 6.45) is 0. The van der Waals surface area contributed by atoms with Crippen molar-refractivity contribution in [3.8, 4) is 0 Å². The van der Waals surface area contributed by atoms with Crippen LogP contribution in [0.15, 0.2) is 77.7 Å². The van der Waals surface area contributed by atoms with Gasteiger partial charge in [0.2, 0.25) is 15.9 Å². The quantitative estimate of drug-likeness (QED) is 0.443. The van der Waals surface area contributed by atoms with Crippen LogP contribution in [0.2, 0.25) is 5.02 Å². The van der Waals surface area contributed by atoms with Gasteiger partial charge in [0.25, 0.3) is 5.91 Å². The third-order valence-electron chi connectivity index (χ3n) is 4.85. The summed E-state index contributed by atoms with van der Waals surface area (Å²) in [6, 6.07) is 19.9. The zero-order chi connectivity index (χ0) is 24.0. The SMILES string of the molecule is CC(=O)Nc1cccc([C@H](C)NC(=O)c2ccc(Cl)c(S(=O)(=O)NCc3ccccc3)c2)c1. The largest absolute Gasteiger partial charge is 0.346 e. The predicted molar refractivity (Wildman–Crippen MR) is 129 cm³/mol. The van der Waals surface area contributed by atoms with Crippen LogP contribution in [0.3, 0.4) is 0 Å². The van der Waals surface area contributed by atoms with Gasteiger partial charge in [0.05, 0.1) is 11.1 Å². The number of nitrogens with one attached hydrogen (secondary N) is 3. The third kappa shape index (κ3) is 6.64. The van der Waals surface area contributed by atoms with Crippen molar-refractivity contribution in [3.05, 3.63) is 94.5 Å². The molecular weight excluding hydrogens is 462 g/mol. The average Bonchev–Trinajstić information content (AvgIpc) is 2.78. The van der Waals surface area contributed by atoms with Crippen molar-refractivity contribution < 1.29 is 18.0 Å². The standard InChI is InChI=1S/C24H24ClN3O4S/c1-16(19-9-6-10-21(13-19)28-17(2)29)27-24(30)20-11-12-22(25)23(14-20)33(31,32)26-15-18-7-4-3-5-8-18/h3-14,16,26H,15H2,1-2H3,(H,27,30)(H,28,29)/t16-/m0/s1. The third-order valence-corrected chi connectivity index (χ3v) is 6.73. The van der Waals surface area contributed by atoms with Crippen LogP contribution in [0.1, 0.15) is 41.4 Å². The van der Waals surface area contributed by atoms with E-state index < -0.39 is 22.0 Å². The molecule has 0 radical (unpaired) electrons. The van der Waals surface area contributed by atoms with Crippen LogP contribution in [-0.4, -0.2) is 20.2 Å². The number of hydrogen-bond acceptors (Lipinski definition) is 4. The Morgan fingerprint density at radius 3 is 2.39 bits per heavy atom. The van der Waals surface area contributed by atoms with Crippen molar-refractivity contribution in [1.29, 1.82) is 0 Å². The van der Waals surface area contributed by atoms with Crippen LogP contribution < -0.4 is 15.4 Å². The van der Waals surface area contributed by atoms with Gasteiger partial charge in [-0.1, -0.05) is 54.1 Å². The van der Waals surface area contributed by atoms with Crippen LogP contribution >= 0.6 is 11.6 Å². The normalized spacial score (nSPS) is 12.1. The van der Waals surface area contributed by atoms with Gasteiger partial charge in [-0.05, 0) is 48.4 Å². The number of halogens is 1. The lowest BCUT2D eigenvalue weighted by atomic mass is 10.1. The monoisotopic (exact) mass is 485 g/mol. The highest BCUT2D eigenvalue weighted by molar-refractivity contribution is 7.89. The van der Waals surface area contributed by atoms with Crippen LogP contribution in [0.25, 0.3) is 0 Å². The molecule has 3 aromatic rings. The highest BCUT2D eigenvalue weighted by atomic mass is 35.5. The molecular formula is C24H24ClN3O4S. The Kier molecular flexibility index (Phi) is 7.86. The van der Waals surface area contributed by atoms with Crippen molar-refractivity contribution in [2.75, 3.05) is 5.32 Å². The van der Waals surface area contributed by atoms with E-state index in [4.69, 9.17) is 11.6 Å². The number of carbonyl (C=O) groups excluding carboxylic acids is 2. The molecule has 7 nitrogen and oxygen atoms in total. The predicted octanol–water partition coefficient (Wildman–Crippen LogP) is 4.27. The molecule has 3 N–H and O–H groups in total. The second-order valence-electron chi connectivity index (χ2n) is 7.46. The van der Waals surface area contributed by atoms with Gasteiger partial charge < -0.3 is 10.6 Å². The molecule has 0 aliphatic heterocycles. The minimum Gasteiger partial charge on any atom is -0.346 e. The molecule has 0 heterocycles. The van der Waals surface area contributed by atoms with Crippen molar-refractivity contribution in [2.24, 2.45) is 0 Å². The van der Waals surface area contributed by atoms with E-state index in [9.17, 15) is 18.0 Å². The fraction of sp³-hybridized carbons (Fsp3) is 0.167. The fourth-order valence-corrected chi connectivity index (χ4v) is 4.70. The second-order valence-corrected chi connectivity index (χ2v) is 9.60. The highest BCUT2D eigenvalue weighted by Gasteiger charge is 2.21. The summed E-state index contributed by atoms with van der Waals surface area (Å²) >= 11 is 6.14. The Balaban J connectivity index is 1.75. The maximum absolute atomic E-state index is 12.8. The lowest BCUT2D eigenvalue weighted by molar-refractivity contribution is -0.114. The number of amides is 2. The van der Waals surface area contributed by atoms with Crippen LogP contribution in [0, 0.1) is 0 Å². The van der Waals surface area contributed by atoms with Gasteiger partial charge in [-0.25, -0.2) is 13.1 Å². The van der Waals surface area contributed by atoms with Crippen LogP contribution in [0.4, 0.5) is 5.69 Å². The van der Waals surface area contributed by atoms with Gasteiger partial charge in [-0.2, -0.15) is 0 Å². The minimum absolute atomic E-state index is 0.0168. The van der Waals surface area contributed by atoms with Crippen LogP contribution in [0.5, 0.6) is 0 Å². The summed E-state index contributed by atoms with van der Waals surface area (Å²) in [7, 11) is -3.95. The summed E-state index contributed by atoms with van der Waals surface area (Å²) in [4.78, 5) is 23.9. The Bertz CT molecular complexity index is 1260. The Morgan fingerprint density at radius 2 is 1.70 bits per heavy atom. The van der Waals surface area contributed by atoms with E-state index in [0.29, 0.717) is 5.69 Å². The summed E-state index contributed by atoms with van der Waals surface area (Å²) in [5.41, 5.74) is 2.34. The first kappa shape index (κ1) is 24.4. The fourth-order valence-electron chi connectivity index (χ4n) is 3.15. The van der Waals surface area contributed by atoms with Crippen molar-refractivity contribution >= 4 is 39.1 Å². The zero-order valence-electron chi connectivity index (χ0n) is 18.1. The van der Waals surface area contributed by atoms with Gasteiger partial charge >= 0.3 is 0 Å². The van der Waals surface area contributed by atoms with E-state index in [1.807, 2.05) is 24.3 Å². The lowest BCUT2D eigenvalue weighted by Gasteiger charge is -2.16. The molecule has 0 unspecified atom stereocenters. The summed E-state index contributed by atoms with van der Waals surface area (Å²) in [5, 5.41) is 5.56. The van der Waals surface area contributed by atoms with E-state index in [1.54, 1.807) is 37.3 Å². The van der Waals surface area contributed by atoms with Gasteiger partial charge in [0.1, 0.15) is 4.90 Å². The first-order valence-electron chi connectivity index (χ1n) is 10.2. The van der Waals surface area contributed by atoms with Gasteiger partial charge in [-0.15, -0.1) is 0 Å². The number of benzene rings is 3. The molecule has 3 rings (SSSR count). The first-order valence-corrected chi connectivity index (χ1v) is 12.0. The molecule has 2 amide bonds. The van der Waals surface area contributed by atoms with Crippen molar-refractivity contribution in [3.63, 3.8) is 0 Å². The summed E-state index contributed by atoms with van der Waals surface area (Å²) in [5.74, 6) is -0.650. The number of carbonyl (C=O) groups is 2. The molecule has 0 saturated carbocycles. The summed E-state index contributed by atoms with van der Waals surface area (Å²) < 4.78 is 28.1.